The van der Waals surface area contributed by atoms with Gasteiger partial charge in [-0.15, -0.1) is 0 Å². The first-order chi connectivity index (χ1) is 9.10. The molecule has 19 heavy (non-hydrogen) atoms. The van der Waals surface area contributed by atoms with Gasteiger partial charge in [-0.25, -0.2) is 13.6 Å². The number of hydrogen-bond donors (Lipinski definition) is 0. The largest absolute Gasteiger partial charge is 0.423 e. The second kappa shape index (κ2) is 5.39. The predicted molar refractivity (Wildman–Crippen MR) is 63.1 cm³/mol. The van der Waals surface area contributed by atoms with Crippen LogP contribution in [0.1, 0.15) is 20.7 Å². The Balaban J connectivity index is 2.15. The van der Waals surface area contributed by atoms with E-state index in [0.29, 0.717) is 11.8 Å². The Morgan fingerprint density at radius 1 is 1.00 bits per heavy atom. The quantitative estimate of drug-likeness (QED) is 0.485. The highest BCUT2D eigenvalue weighted by Crippen LogP contribution is 2.15. The molecule has 0 atom stereocenters. The molecule has 2 aromatic rings. The van der Waals surface area contributed by atoms with Crippen molar-refractivity contribution in [3.05, 3.63) is 65.2 Å². The molecule has 2 rings (SSSR count). The number of benzene rings is 2. The number of rotatable bonds is 3. The lowest BCUT2D eigenvalue weighted by molar-refractivity contribution is 0.0734. The van der Waals surface area contributed by atoms with E-state index in [-0.39, 0.29) is 11.3 Å². The van der Waals surface area contributed by atoms with E-state index in [2.05, 4.69) is 0 Å². The zero-order chi connectivity index (χ0) is 13.8. The van der Waals surface area contributed by atoms with E-state index in [1.54, 1.807) is 0 Å². The summed E-state index contributed by atoms with van der Waals surface area (Å²) in [7, 11) is 0. The van der Waals surface area contributed by atoms with Crippen LogP contribution in [0.3, 0.4) is 0 Å². The van der Waals surface area contributed by atoms with E-state index in [4.69, 9.17) is 4.74 Å². The fourth-order valence-electron chi connectivity index (χ4n) is 1.40. The number of halogens is 2. The summed E-state index contributed by atoms with van der Waals surface area (Å²) in [4.78, 5) is 22.1. The molecular weight excluding hydrogens is 254 g/mol. The van der Waals surface area contributed by atoms with Gasteiger partial charge in [0.25, 0.3) is 0 Å². The third kappa shape index (κ3) is 3.01. The zero-order valence-electron chi connectivity index (χ0n) is 9.60. The smallest absolute Gasteiger partial charge is 0.343 e. The van der Waals surface area contributed by atoms with Gasteiger partial charge in [0, 0.05) is 5.56 Å². The zero-order valence-corrected chi connectivity index (χ0v) is 9.60. The Kier molecular flexibility index (Phi) is 3.66. The van der Waals surface area contributed by atoms with E-state index >= 15 is 0 Å². The SMILES string of the molecule is O=Cc1ccc(OC(=O)c2ccc(F)c(F)c2)cc1. The Morgan fingerprint density at radius 3 is 2.26 bits per heavy atom. The van der Waals surface area contributed by atoms with Crippen molar-refractivity contribution < 1.29 is 23.1 Å². The third-order valence-electron chi connectivity index (χ3n) is 2.38. The third-order valence-corrected chi connectivity index (χ3v) is 2.38. The summed E-state index contributed by atoms with van der Waals surface area (Å²) in [6, 6.07) is 8.55. The van der Waals surface area contributed by atoms with Crippen LogP contribution in [0.25, 0.3) is 0 Å². The molecule has 0 N–H and O–H groups in total. The first-order valence-electron chi connectivity index (χ1n) is 5.32. The van der Waals surface area contributed by atoms with Gasteiger partial charge in [-0.05, 0) is 42.5 Å². The molecule has 0 radical (unpaired) electrons. The highest BCUT2D eigenvalue weighted by Gasteiger charge is 2.11. The van der Waals surface area contributed by atoms with Crippen LogP contribution in [0.15, 0.2) is 42.5 Å². The van der Waals surface area contributed by atoms with Crippen molar-refractivity contribution in [3.8, 4) is 5.75 Å². The van der Waals surface area contributed by atoms with E-state index in [1.807, 2.05) is 0 Å². The maximum atomic E-state index is 13.0. The molecule has 5 heteroatoms. The first kappa shape index (κ1) is 12.9. The van der Waals surface area contributed by atoms with Gasteiger partial charge in [0.05, 0.1) is 5.56 Å². The van der Waals surface area contributed by atoms with Crippen molar-refractivity contribution >= 4 is 12.3 Å². The first-order valence-corrected chi connectivity index (χ1v) is 5.32. The number of aldehydes is 1. The van der Waals surface area contributed by atoms with Gasteiger partial charge in [-0.1, -0.05) is 0 Å². The van der Waals surface area contributed by atoms with Gasteiger partial charge in [0.2, 0.25) is 0 Å². The van der Waals surface area contributed by atoms with Crippen LogP contribution in [-0.2, 0) is 0 Å². The average Bonchev–Trinajstić information content (AvgIpc) is 2.42. The summed E-state index contributed by atoms with van der Waals surface area (Å²) >= 11 is 0. The van der Waals surface area contributed by atoms with Crippen LogP contribution in [0, 0.1) is 11.6 Å². The summed E-state index contributed by atoms with van der Waals surface area (Å²) in [5.74, 6) is -2.75. The van der Waals surface area contributed by atoms with E-state index in [0.717, 1.165) is 18.2 Å². The number of carbonyl (C=O) groups excluding carboxylic acids is 2. The van der Waals surface area contributed by atoms with Crippen LogP contribution in [0.5, 0.6) is 5.75 Å². The molecule has 0 aliphatic heterocycles. The van der Waals surface area contributed by atoms with Crippen LogP contribution >= 0.6 is 0 Å². The van der Waals surface area contributed by atoms with Crippen molar-refractivity contribution in [1.29, 1.82) is 0 Å². The normalized spacial score (nSPS) is 10.0. The Morgan fingerprint density at radius 2 is 1.68 bits per heavy atom. The molecule has 0 aliphatic rings. The van der Waals surface area contributed by atoms with Crippen molar-refractivity contribution in [3.63, 3.8) is 0 Å². The fourth-order valence-corrected chi connectivity index (χ4v) is 1.40. The van der Waals surface area contributed by atoms with Crippen molar-refractivity contribution in [1.82, 2.24) is 0 Å². The Bertz CT molecular complexity index is 621. The fraction of sp³-hybridized carbons (Fsp3) is 0. The molecule has 0 aliphatic carbocycles. The van der Waals surface area contributed by atoms with E-state index < -0.39 is 17.6 Å². The lowest BCUT2D eigenvalue weighted by Gasteiger charge is -2.04. The molecule has 2 aromatic carbocycles. The lowest BCUT2D eigenvalue weighted by Crippen LogP contribution is -2.09. The predicted octanol–water partition coefficient (Wildman–Crippen LogP) is 3.00. The minimum absolute atomic E-state index is 0.0987. The van der Waals surface area contributed by atoms with Gasteiger partial charge in [0.1, 0.15) is 12.0 Å². The maximum absolute atomic E-state index is 13.0. The van der Waals surface area contributed by atoms with Crippen LogP contribution in [0.4, 0.5) is 8.78 Å². The standard InChI is InChI=1S/C14H8F2O3/c15-12-6-3-10(7-13(12)16)14(18)19-11-4-1-9(8-17)2-5-11/h1-8H. The average molecular weight is 262 g/mol. The molecule has 0 fully saturated rings. The number of ether oxygens (including phenoxy) is 1. The minimum atomic E-state index is -1.12. The molecule has 0 aromatic heterocycles. The highest BCUT2D eigenvalue weighted by molar-refractivity contribution is 5.91. The number of hydrogen-bond acceptors (Lipinski definition) is 3. The second-order valence-electron chi connectivity index (χ2n) is 3.71. The lowest BCUT2D eigenvalue weighted by atomic mass is 10.2. The van der Waals surface area contributed by atoms with E-state index in [1.165, 1.54) is 24.3 Å². The topological polar surface area (TPSA) is 43.4 Å². The molecule has 0 amide bonds. The van der Waals surface area contributed by atoms with Gasteiger partial charge in [-0.3, -0.25) is 4.79 Å². The molecule has 3 nitrogen and oxygen atoms in total. The number of carbonyl (C=O) groups is 2. The van der Waals surface area contributed by atoms with Crippen molar-refractivity contribution in [2.24, 2.45) is 0 Å². The molecule has 96 valence electrons. The molecule has 0 unspecified atom stereocenters. The summed E-state index contributed by atoms with van der Waals surface area (Å²) < 4.78 is 30.6. The van der Waals surface area contributed by atoms with Crippen LogP contribution in [-0.4, -0.2) is 12.3 Å². The molecule has 0 saturated heterocycles. The van der Waals surface area contributed by atoms with E-state index in [9.17, 15) is 18.4 Å². The van der Waals surface area contributed by atoms with Gasteiger partial charge >= 0.3 is 5.97 Å². The molecule has 0 saturated carbocycles. The molecule has 0 bridgehead atoms. The summed E-state index contributed by atoms with van der Waals surface area (Å²) in [6.07, 6.45) is 0.654. The summed E-state index contributed by atoms with van der Waals surface area (Å²) in [5, 5.41) is 0. The number of esters is 1. The van der Waals surface area contributed by atoms with Crippen molar-refractivity contribution in [2.75, 3.05) is 0 Å². The van der Waals surface area contributed by atoms with Gasteiger partial charge in [0.15, 0.2) is 11.6 Å². The minimum Gasteiger partial charge on any atom is -0.423 e. The molecular formula is C14H8F2O3. The second-order valence-corrected chi connectivity index (χ2v) is 3.71. The van der Waals surface area contributed by atoms with Crippen molar-refractivity contribution in [2.45, 2.75) is 0 Å². The van der Waals surface area contributed by atoms with Crippen LogP contribution < -0.4 is 4.74 Å². The monoisotopic (exact) mass is 262 g/mol. The summed E-state index contributed by atoms with van der Waals surface area (Å²) in [5.41, 5.74) is 0.339. The van der Waals surface area contributed by atoms with Crippen LogP contribution in [0.2, 0.25) is 0 Å². The highest BCUT2D eigenvalue weighted by atomic mass is 19.2. The maximum Gasteiger partial charge on any atom is 0.343 e. The Labute approximate surface area is 107 Å². The van der Waals surface area contributed by atoms with Gasteiger partial charge in [-0.2, -0.15) is 0 Å². The molecule has 0 spiro atoms. The Hall–Kier alpha value is -2.56. The van der Waals surface area contributed by atoms with Gasteiger partial charge < -0.3 is 4.74 Å². The summed E-state index contributed by atoms with van der Waals surface area (Å²) in [6.45, 7) is 0. The molecule has 0 heterocycles.